The third kappa shape index (κ3) is 5.36. The Morgan fingerprint density at radius 3 is 2.45 bits per heavy atom. The van der Waals surface area contributed by atoms with E-state index in [0.717, 1.165) is 18.4 Å². The van der Waals surface area contributed by atoms with Gasteiger partial charge in [-0.05, 0) is 37.7 Å². The summed E-state index contributed by atoms with van der Waals surface area (Å²) in [4.78, 5) is 27.4. The smallest absolute Gasteiger partial charge is 0.247 e. The molecule has 8 heteroatoms. The van der Waals surface area contributed by atoms with Gasteiger partial charge in [-0.25, -0.2) is 12.7 Å². The largest absolute Gasteiger partial charge is 0.351 e. The minimum Gasteiger partial charge on any atom is -0.351 e. The third-order valence-electron chi connectivity index (χ3n) is 5.69. The first-order valence-corrected chi connectivity index (χ1v) is 12.2. The molecule has 1 unspecified atom stereocenters. The standard InChI is InChI=1S/C21H31N3O4S/c1-2-16-29(27,28)23-14-11-18(12-15-23)22-21(26)20(17-8-4-3-5-9-17)24-13-7-6-10-19(24)25/h3-5,8-9,18,20H,2,6-7,10-16H2,1H3,(H,22,26). The van der Waals surface area contributed by atoms with Gasteiger partial charge in [0, 0.05) is 32.1 Å². The van der Waals surface area contributed by atoms with Crippen LogP contribution in [0.2, 0.25) is 0 Å². The molecule has 29 heavy (non-hydrogen) atoms. The Morgan fingerprint density at radius 2 is 1.83 bits per heavy atom. The number of nitrogens with one attached hydrogen (secondary N) is 1. The Morgan fingerprint density at radius 1 is 1.14 bits per heavy atom. The number of amides is 2. The Balaban J connectivity index is 1.67. The van der Waals surface area contributed by atoms with Gasteiger partial charge < -0.3 is 10.2 Å². The Kier molecular flexibility index (Phi) is 7.29. The van der Waals surface area contributed by atoms with Crippen LogP contribution in [-0.2, 0) is 19.6 Å². The van der Waals surface area contributed by atoms with Crippen LogP contribution in [0, 0.1) is 0 Å². The maximum absolute atomic E-state index is 13.2. The SMILES string of the molecule is CCCS(=O)(=O)N1CCC(NC(=O)C(c2ccccc2)N2CCCCC2=O)CC1. The molecule has 0 spiro atoms. The molecular formula is C21H31N3O4S. The molecule has 1 atom stereocenters. The first-order chi connectivity index (χ1) is 13.9. The monoisotopic (exact) mass is 421 g/mol. The summed E-state index contributed by atoms with van der Waals surface area (Å²) in [6.07, 6.45) is 4.01. The number of benzene rings is 1. The van der Waals surface area contributed by atoms with Crippen LogP contribution in [0.15, 0.2) is 30.3 Å². The molecule has 7 nitrogen and oxygen atoms in total. The lowest BCUT2D eigenvalue weighted by molar-refractivity contribution is -0.143. The minimum atomic E-state index is -3.20. The molecule has 0 aliphatic carbocycles. The van der Waals surface area contributed by atoms with E-state index in [-0.39, 0.29) is 23.6 Å². The van der Waals surface area contributed by atoms with Gasteiger partial charge in [-0.15, -0.1) is 0 Å². The van der Waals surface area contributed by atoms with Crippen LogP contribution in [0.4, 0.5) is 0 Å². The maximum Gasteiger partial charge on any atom is 0.247 e. The number of piperidine rings is 2. The summed E-state index contributed by atoms with van der Waals surface area (Å²) in [5, 5.41) is 3.08. The molecule has 160 valence electrons. The third-order valence-corrected chi connectivity index (χ3v) is 7.77. The van der Waals surface area contributed by atoms with Gasteiger partial charge in [0.15, 0.2) is 0 Å². The van der Waals surface area contributed by atoms with E-state index in [1.807, 2.05) is 37.3 Å². The number of carbonyl (C=O) groups excluding carboxylic acids is 2. The molecule has 0 saturated carbocycles. The average molecular weight is 422 g/mol. The zero-order valence-corrected chi connectivity index (χ0v) is 17.9. The second-order valence-electron chi connectivity index (χ2n) is 7.86. The van der Waals surface area contributed by atoms with Crippen LogP contribution in [0.3, 0.4) is 0 Å². The molecular weight excluding hydrogens is 390 g/mol. The van der Waals surface area contributed by atoms with Gasteiger partial charge in [0.1, 0.15) is 6.04 Å². The lowest BCUT2D eigenvalue weighted by atomic mass is 9.99. The van der Waals surface area contributed by atoms with Crippen molar-refractivity contribution < 1.29 is 18.0 Å². The van der Waals surface area contributed by atoms with Gasteiger partial charge in [-0.1, -0.05) is 37.3 Å². The normalized spacial score (nSPS) is 20.4. The Bertz CT molecular complexity index is 804. The highest BCUT2D eigenvalue weighted by Crippen LogP contribution is 2.26. The van der Waals surface area contributed by atoms with Gasteiger partial charge in [-0.2, -0.15) is 0 Å². The second-order valence-corrected chi connectivity index (χ2v) is 9.94. The Labute approximate surface area is 173 Å². The van der Waals surface area contributed by atoms with Gasteiger partial charge in [0.05, 0.1) is 5.75 Å². The molecule has 2 aliphatic heterocycles. The number of nitrogens with zero attached hydrogens (tertiary/aromatic N) is 2. The van der Waals surface area contributed by atoms with Crippen molar-refractivity contribution >= 4 is 21.8 Å². The Hall–Kier alpha value is -1.93. The van der Waals surface area contributed by atoms with Gasteiger partial charge in [0.25, 0.3) is 0 Å². The van der Waals surface area contributed by atoms with Crippen molar-refractivity contribution in [2.75, 3.05) is 25.4 Å². The molecule has 0 aromatic heterocycles. The maximum atomic E-state index is 13.2. The van der Waals surface area contributed by atoms with Gasteiger partial charge >= 0.3 is 0 Å². The van der Waals surface area contributed by atoms with Crippen molar-refractivity contribution in [3.8, 4) is 0 Å². The van der Waals surface area contributed by atoms with Crippen molar-refractivity contribution in [3.05, 3.63) is 35.9 Å². The first kappa shape index (κ1) is 21.8. The molecule has 0 radical (unpaired) electrons. The zero-order valence-electron chi connectivity index (χ0n) is 17.0. The molecule has 1 aromatic rings. The summed E-state index contributed by atoms with van der Waals surface area (Å²) < 4.78 is 26.0. The second kappa shape index (κ2) is 9.71. The fourth-order valence-electron chi connectivity index (χ4n) is 4.15. The van der Waals surface area contributed by atoms with E-state index in [1.165, 1.54) is 4.31 Å². The molecule has 2 aliphatic rings. The van der Waals surface area contributed by atoms with Crippen LogP contribution < -0.4 is 5.32 Å². The number of hydrogen-bond donors (Lipinski definition) is 1. The lowest BCUT2D eigenvalue weighted by Crippen LogP contribution is -2.51. The predicted octanol–water partition coefficient (Wildman–Crippen LogP) is 2.06. The van der Waals surface area contributed by atoms with E-state index >= 15 is 0 Å². The van der Waals surface area contributed by atoms with Crippen molar-refractivity contribution in [3.63, 3.8) is 0 Å². The fraction of sp³-hybridized carbons (Fsp3) is 0.619. The topological polar surface area (TPSA) is 86.8 Å². The van der Waals surface area contributed by atoms with Crippen molar-refractivity contribution in [2.24, 2.45) is 0 Å². The first-order valence-electron chi connectivity index (χ1n) is 10.5. The minimum absolute atomic E-state index is 0.0146. The van der Waals surface area contributed by atoms with Crippen LogP contribution in [0.5, 0.6) is 0 Å². The molecule has 3 rings (SSSR count). The number of likely N-dealkylation sites (tertiary alicyclic amines) is 1. The van der Waals surface area contributed by atoms with Gasteiger partial charge in [-0.3, -0.25) is 9.59 Å². The van der Waals surface area contributed by atoms with Crippen LogP contribution in [0.1, 0.15) is 57.1 Å². The van der Waals surface area contributed by atoms with E-state index in [4.69, 9.17) is 0 Å². The molecule has 2 heterocycles. The number of carbonyl (C=O) groups is 2. The van der Waals surface area contributed by atoms with E-state index in [9.17, 15) is 18.0 Å². The molecule has 2 amide bonds. The van der Waals surface area contributed by atoms with Crippen LogP contribution in [-0.4, -0.2) is 60.9 Å². The van der Waals surface area contributed by atoms with E-state index in [1.54, 1.807) is 4.90 Å². The fourth-order valence-corrected chi connectivity index (χ4v) is 5.69. The zero-order chi connectivity index (χ0) is 20.9. The highest BCUT2D eigenvalue weighted by Gasteiger charge is 2.35. The van der Waals surface area contributed by atoms with Crippen LogP contribution >= 0.6 is 0 Å². The molecule has 0 bridgehead atoms. The summed E-state index contributed by atoms with van der Waals surface area (Å²) in [6, 6.07) is 8.69. The van der Waals surface area contributed by atoms with E-state index in [2.05, 4.69) is 5.32 Å². The van der Waals surface area contributed by atoms with Crippen molar-refractivity contribution in [1.82, 2.24) is 14.5 Å². The predicted molar refractivity (Wildman–Crippen MR) is 112 cm³/mol. The summed E-state index contributed by atoms with van der Waals surface area (Å²) >= 11 is 0. The summed E-state index contributed by atoms with van der Waals surface area (Å²) in [5.41, 5.74) is 0.809. The van der Waals surface area contributed by atoms with E-state index in [0.29, 0.717) is 45.3 Å². The summed E-state index contributed by atoms with van der Waals surface area (Å²) in [6.45, 7) is 3.29. The number of sulfonamides is 1. The lowest BCUT2D eigenvalue weighted by Gasteiger charge is -2.36. The molecule has 2 fully saturated rings. The molecule has 1 aromatic carbocycles. The van der Waals surface area contributed by atoms with Crippen molar-refractivity contribution in [2.45, 2.75) is 57.5 Å². The molecule has 2 saturated heterocycles. The highest BCUT2D eigenvalue weighted by molar-refractivity contribution is 7.89. The summed E-state index contributed by atoms with van der Waals surface area (Å²) in [5.74, 6) is -0.000904. The van der Waals surface area contributed by atoms with Crippen LogP contribution in [0.25, 0.3) is 0 Å². The highest BCUT2D eigenvalue weighted by atomic mass is 32.2. The quantitative estimate of drug-likeness (QED) is 0.730. The average Bonchev–Trinajstić information content (AvgIpc) is 2.71. The molecule has 1 N–H and O–H groups in total. The van der Waals surface area contributed by atoms with Crippen molar-refractivity contribution in [1.29, 1.82) is 0 Å². The van der Waals surface area contributed by atoms with Gasteiger partial charge in [0.2, 0.25) is 21.8 Å². The number of rotatable bonds is 7. The number of hydrogen-bond acceptors (Lipinski definition) is 4. The summed E-state index contributed by atoms with van der Waals surface area (Å²) in [7, 11) is -3.20. The van der Waals surface area contributed by atoms with E-state index < -0.39 is 16.1 Å².